The third-order valence-corrected chi connectivity index (χ3v) is 3.17. The number of aromatic amines is 1. The maximum Gasteiger partial charge on any atom is 0.324 e. The number of fused-ring (bicyclic) bond motifs is 1. The standard InChI is InChI=1S/C16H16F2N4O/c1-16(2,3)7-12-10-8-19-15(20-14(10)22-21-12)23-13-5-4-9(17)6-11(13)18/h4-6,8H,7H2,1-3H3,(H,19,20,21,22). The Bertz CT molecular complexity index is 855. The molecule has 23 heavy (non-hydrogen) atoms. The molecule has 0 atom stereocenters. The molecule has 0 fully saturated rings. The van der Waals surface area contributed by atoms with Crippen LogP contribution >= 0.6 is 0 Å². The molecule has 2 aromatic heterocycles. The number of rotatable bonds is 3. The molecule has 0 saturated carbocycles. The van der Waals surface area contributed by atoms with Crippen LogP contribution < -0.4 is 4.74 Å². The molecule has 120 valence electrons. The molecule has 0 amide bonds. The summed E-state index contributed by atoms with van der Waals surface area (Å²) >= 11 is 0. The quantitative estimate of drug-likeness (QED) is 0.792. The van der Waals surface area contributed by atoms with Gasteiger partial charge in [-0.25, -0.2) is 13.8 Å². The Labute approximate surface area is 131 Å². The molecule has 1 aromatic carbocycles. The molecular formula is C16H16F2N4O. The van der Waals surface area contributed by atoms with E-state index in [1.54, 1.807) is 6.20 Å². The van der Waals surface area contributed by atoms with Crippen LogP contribution in [-0.2, 0) is 6.42 Å². The smallest absolute Gasteiger partial charge is 0.324 e. The second kappa shape index (κ2) is 5.57. The van der Waals surface area contributed by atoms with Crippen LogP contribution in [0.3, 0.4) is 0 Å². The largest absolute Gasteiger partial charge is 0.421 e. The summed E-state index contributed by atoms with van der Waals surface area (Å²) in [6.07, 6.45) is 2.35. The topological polar surface area (TPSA) is 63.7 Å². The molecule has 0 bridgehead atoms. The third kappa shape index (κ3) is 3.44. The van der Waals surface area contributed by atoms with Gasteiger partial charge in [-0.1, -0.05) is 20.8 Å². The van der Waals surface area contributed by atoms with Crippen LogP contribution in [0.25, 0.3) is 11.0 Å². The minimum Gasteiger partial charge on any atom is -0.421 e. The van der Waals surface area contributed by atoms with E-state index in [0.29, 0.717) is 5.65 Å². The fraction of sp³-hybridized carbons (Fsp3) is 0.312. The van der Waals surface area contributed by atoms with Crippen molar-refractivity contribution < 1.29 is 13.5 Å². The molecule has 0 aliphatic rings. The van der Waals surface area contributed by atoms with Gasteiger partial charge in [-0.15, -0.1) is 0 Å². The van der Waals surface area contributed by atoms with Crippen LogP contribution in [0.4, 0.5) is 8.78 Å². The van der Waals surface area contributed by atoms with E-state index in [0.717, 1.165) is 29.6 Å². The summed E-state index contributed by atoms with van der Waals surface area (Å²) < 4.78 is 31.8. The van der Waals surface area contributed by atoms with Gasteiger partial charge in [0.2, 0.25) is 0 Å². The maximum atomic E-state index is 13.6. The highest BCUT2D eigenvalue weighted by Gasteiger charge is 2.17. The monoisotopic (exact) mass is 318 g/mol. The fourth-order valence-electron chi connectivity index (χ4n) is 2.19. The lowest BCUT2D eigenvalue weighted by Gasteiger charge is -2.15. The first-order valence-electron chi connectivity index (χ1n) is 7.15. The SMILES string of the molecule is CC(C)(C)Cc1n[nH]c2nc(Oc3ccc(F)cc3F)ncc12. The Kier molecular flexibility index (Phi) is 3.71. The molecule has 0 saturated heterocycles. The van der Waals surface area contributed by atoms with Crippen LogP contribution in [-0.4, -0.2) is 20.2 Å². The molecule has 5 nitrogen and oxygen atoms in total. The molecule has 0 aliphatic carbocycles. The lowest BCUT2D eigenvalue weighted by Crippen LogP contribution is -2.09. The average Bonchev–Trinajstić information content (AvgIpc) is 2.82. The first-order chi connectivity index (χ1) is 10.8. The Hall–Kier alpha value is -2.57. The molecule has 7 heteroatoms. The molecule has 0 unspecified atom stereocenters. The van der Waals surface area contributed by atoms with Crippen molar-refractivity contribution in [3.05, 3.63) is 41.7 Å². The Morgan fingerprint density at radius 1 is 1.22 bits per heavy atom. The molecule has 0 spiro atoms. The van der Waals surface area contributed by atoms with Gasteiger partial charge in [0.1, 0.15) is 5.82 Å². The zero-order chi connectivity index (χ0) is 16.6. The number of nitrogens with zero attached hydrogens (tertiary/aromatic N) is 3. The first-order valence-corrected chi connectivity index (χ1v) is 7.15. The van der Waals surface area contributed by atoms with Crippen molar-refractivity contribution in [3.63, 3.8) is 0 Å². The van der Waals surface area contributed by atoms with Gasteiger partial charge in [0.05, 0.1) is 11.1 Å². The highest BCUT2D eigenvalue weighted by molar-refractivity contribution is 5.76. The predicted octanol–water partition coefficient (Wildman–Crippen LogP) is 4.01. The van der Waals surface area contributed by atoms with E-state index in [9.17, 15) is 8.78 Å². The van der Waals surface area contributed by atoms with Crippen LogP contribution in [0.2, 0.25) is 0 Å². The summed E-state index contributed by atoms with van der Waals surface area (Å²) in [4.78, 5) is 8.25. The summed E-state index contributed by atoms with van der Waals surface area (Å²) in [5, 5.41) is 7.88. The molecule has 3 rings (SSSR count). The Morgan fingerprint density at radius 2 is 2.00 bits per heavy atom. The first kappa shape index (κ1) is 15.3. The maximum absolute atomic E-state index is 13.6. The summed E-state index contributed by atoms with van der Waals surface area (Å²) in [6.45, 7) is 6.34. The van der Waals surface area contributed by atoms with Gasteiger partial charge in [-0.2, -0.15) is 10.1 Å². The second-order valence-corrected chi connectivity index (χ2v) is 6.50. The lowest BCUT2D eigenvalue weighted by atomic mass is 9.90. The van der Waals surface area contributed by atoms with Crippen LogP contribution in [0, 0.1) is 17.0 Å². The zero-order valence-corrected chi connectivity index (χ0v) is 13.0. The molecular weight excluding hydrogens is 302 g/mol. The summed E-state index contributed by atoms with van der Waals surface area (Å²) in [5.74, 6) is -1.63. The highest BCUT2D eigenvalue weighted by atomic mass is 19.1. The Balaban J connectivity index is 1.89. The van der Waals surface area contributed by atoms with Crippen molar-refractivity contribution in [2.24, 2.45) is 5.41 Å². The van der Waals surface area contributed by atoms with E-state index < -0.39 is 11.6 Å². The van der Waals surface area contributed by atoms with Gasteiger partial charge in [-0.05, 0) is 24.0 Å². The van der Waals surface area contributed by atoms with E-state index in [2.05, 4.69) is 40.9 Å². The number of H-pyrrole nitrogens is 1. The number of aromatic nitrogens is 4. The number of nitrogens with one attached hydrogen (secondary N) is 1. The summed E-state index contributed by atoms with van der Waals surface area (Å²) in [7, 11) is 0. The van der Waals surface area contributed by atoms with E-state index in [1.165, 1.54) is 6.07 Å². The summed E-state index contributed by atoms with van der Waals surface area (Å²) in [6, 6.07) is 3.00. The number of ether oxygens (including phenoxy) is 1. The van der Waals surface area contributed by atoms with Crippen molar-refractivity contribution in [2.45, 2.75) is 27.2 Å². The second-order valence-electron chi connectivity index (χ2n) is 6.50. The molecule has 3 aromatic rings. The van der Waals surface area contributed by atoms with Crippen molar-refractivity contribution in [2.75, 3.05) is 0 Å². The van der Waals surface area contributed by atoms with Gasteiger partial charge >= 0.3 is 6.01 Å². The highest BCUT2D eigenvalue weighted by Crippen LogP contribution is 2.26. The van der Waals surface area contributed by atoms with Gasteiger partial charge in [-0.3, -0.25) is 5.10 Å². The van der Waals surface area contributed by atoms with Crippen LogP contribution in [0.15, 0.2) is 24.4 Å². The van der Waals surface area contributed by atoms with Crippen LogP contribution in [0.1, 0.15) is 26.5 Å². The normalized spacial score (nSPS) is 11.9. The van der Waals surface area contributed by atoms with E-state index in [1.807, 2.05) is 0 Å². The van der Waals surface area contributed by atoms with E-state index in [4.69, 9.17) is 4.74 Å². The predicted molar refractivity (Wildman–Crippen MR) is 81.3 cm³/mol. The fourth-order valence-corrected chi connectivity index (χ4v) is 2.19. The average molecular weight is 318 g/mol. The van der Waals surface area contributed by atoms with Gasteiger partial charge < -0.3 is 4.74 Å². The molecule has 2 heterocycles. The number of halogens is 2. The number of benzene rings is 1. The van der Waals surface area contributed by atoms with Crippen molar-refractivity contribution in [1.82, 2.24) is 20.2 Å². The lowest BCUT2D eigenvalue weighted by molar-refractivity contribution is 0.407. The molecule has 0 radical (unpaired) electrons. The summed E-state index contributed by atoms with van der Waals surface area (Å²) in [5.41, 5.74) is 1.46. The minimum absolute atomic E-state index is 0.0334. The van der Waals surface area contributed by atoms with Crippen LogP contribution in [0.5, 0.6) is 11.8 Å². The molecule has 1 N–H and O–H groups in total. The number of hydrogen-bond acceptors (Lipinski definition) is 4. The Morgan fingerprint density at radius 3 is 2.70 bits per heavy atom. The van der Waals surface area contributed by atoms with Gasteiger partial charge in [0.25, 0.3) is 0 Å². The van der Waals surface area contributed by atoms with Gasteiger partial charge in [0.15, 0.2) is 17.2 Å². The minimum atomic E-state index is -0.813. The van der Waals surface area contributed by atoms with Crippen molar-refractivity contribution >= 4 is 11.0 Å². The van der Waals surface area contributed by atoms with Crippen molar-refractivity contribution in [3.8, 4) is 11.8 Å². The zero-order valence-electron chi connectivity index (χ0n) is 13.0. The third-order valence-electron chi connectivity index (χ3n) is 3.17. The van der Waals surface area contributed by atoms with E-state index in [-0.39, 0.29) is 17.2 Å². The van der Waals surface area contributed by atoms with E-state index >= 15 is 0 Å². The number of hydrogen-bond donors (Lipinski definition) is 1. The van der Waals surface area contributed by atoms with Gasteiger partial charge in [0, 0.05) is 12.3 Å². The molecule has 0 aliphatic heterocycles. The van der Waals surface area contributed by atoms with Crippen molar-refractivity contribution in [1.29, 1.82) is 0 Å².